The van der Waals surface area contributed by atoms with Crippen LogP contribution in [0.25, 0.3) is 21.3 Å². The van der Waals surface area contributed by atoms with E-state index in [9.17, 15) is 4.79 Å². The van der Waals surface area contributed by atoms with Gasteiger partial charge in [-0.1, -0.05) is 29.8 Å². The van der Waals surface area contributed by atoms with E-state index in [0.717, 1.165) is 48.0 Å². The summed E-state index contributed by atoms with van der Waals surface area (Å²) >= 11 is 7.78. The molecule has 1 saturated heterocycles. The van der Waals surface area contributed by atoms with Gasteiger partial charge in [-0.3, -0.25) is 9.69 Å². The van der Waals surface area contributed by atoms with Crippen molar-refractivity contribution < 1.29 is 0 Å². The van der Waals surface area contributed by atoms with E-state index in [-0.39, 0.29) is 30.4 Å². The highest BCUT2D eigenvalue weighted by atomic mass is 35.5. The summed E-state index contributed by atoms with van der Waals surface area (Å²) in [5.74, 6) is 0.724. The molecule has 140 valence electrons. The summed E-state index contributed by atoms with van der Waals surface area (Å²) in [7, 11) is 0. The van der Waals surface area contributed by atoms with Gasteiger partial charge in [-0.15, -0.1) is 36.2 Å². The summed E-state index contributed by atoms with van der Waals surface area (Å²) in [6, 6.07) is 7.57. The summed E-state index contributed by atoms with van der Waals surface area (Å²) in [4.78, 5) is 23.3. The number of H-pyrrole nitrogens is 1. The van der Waals surface area contributed by atoms with Crippen LogP contribution in [-0.4, -0.2) is 41.0 Å². The molecule has 0 radical (unpaired) electrons. The van der Waals surface area contributed by atoms with Gasteiger partial charge in [0.25, 0.3) is 5.56 Å². The van der Waals surface area contributed by atoms with Crippen LogP contribution in [0.15, 0.2) is 34.4 Å². The van der Waals surface area contributed by atoms with Crippen LogP contribution in [0.2, 0.25) is 5.02 Å². The van der Waals surface area contributed by atoms with Crippen molar-refractivity contribution in [3.05, 3.63) is 50.8 Å². The van der Waals surface area contributed by atoms with Gasteiger partial charge in [-0.25, -0.2) is 4.98 Å². The number of piperazine rings is 1. The number of nitrogens with zero attached hydrogens (tertiary/aromatic N) is 2. The third kappa shape index (κ3) is 4.22. The molecule has 0 amide bonds. The number of thiophene rings is 1. The first-order chi connectivity index (χ1) is 11.7. The molecule has 1 fully saturated rings. The molecule has 26 heavy (non-hydrogen) atoms. The SMILES string of the molecule is Cl.Cl.O=c1[nH]c(CN2CCNCC2)nc2scc(-c3ccccc3Cl)c12. The largest absolute Gasteiger partial charge is 0.314 e. The molecule has 0 aliphatic carbocycles. The smallest absolute Gasteiger partial charge is 0.260 e. The molecule has 2 N–H and O–H groups in total. The second-order valence-corrected chi connectivity index (χ2v) is 7.11. The molecule has 3 heterocycles. The Morgan fingerprint density at radius 3 is 2.62 bits per heavy atom. The Hall–Kier alpha value is -1.15. The fourth-order valence-electron chi connectivity index (χ4n) is 3.03. The molecule has 1 aliphatic rings. The second kappa shape index (κ2) is 9.17. The van der Waals surface area contributed by atoms with Crippen LogP contribution in [0.5, 0.6) is 0 Å². The molecule has 1 aromatic carbocycles. The van der Waals surface area contributed by atoms with E-state index in [2.05, 4.69) is 20.2 Å². The van der Waals surface area contributed by atoms with Gasteiger partial charge >= 0.3 is 0 Å². The van der Waals surface area contributed by atoms with Crippen molar-refractivity contribution in [2.75, 3.05) is 26.2 Å². The lowest BCUT2D eigenvalue weighted by molar-refractivity contribution is 0.228. The fraction of sp³-hybridized carbons (Fsp3) is 0.294. The van der Waals surface area contributed by atoms with Gasteiger partial charge < -0.3 is 10.3 Å². The summed E-state index contributed by atoms with van der Waals surface area (Å²) in [6.45, 7) is 4.56. The highest BCUT2D eigenvalue weighted by molar-refractivity contribution is 7.17. The van der Waals surface area contributed by atoms with Crippen molar-refractivity contribution in [1.29, 1.82) is 0 Å². The molecule has 1 aliphatic heterocycles. The van der Waals surface area contributed by atoms with E-state index in [1.807, 2.05) is 29.6 Å². The number of fused-ring (bicyclic) bond motifs is 1. The summed E-state index contributed by atoms with van der Waals surface area (Å²) in [5, 5.41) is 6.55. The average molecular weight is 434 g/mol. The molecule has 3 aromatic rings. The number of aromatic amines is 1. The van der Waals surface area contributed by atoms with Crippen molar-refractivity contribution in [3.63, 3.8) is 0 Å². The molecular formula is C17H19Cl3N4OS. The van der Waals surface area contributed by atoms with Crippen LogP contribution < -0.4 is 10.9 Å². The molecular weight excluding hydrogens is 415 g/mol. The van der Waals surface area contributed by atoms with Crippen LogP contribution in [0.1, 0.15) is 5.82 Å². The molecule has 4 rings (SSSR count). The maximum absolute atomic E-state index is 12.6. The maximum atomic E-state index is 12.6. The normalized spacial score (nSPS) is 14.7. The van der Waals surface area contributed by atoms with Crippen molar-refractivity contribution in [3.8, 4) is 11.1 Å². The Balaban J connectivity index is 0.00000121. The Labute approximate surface area is 172 Å². The second-order valence-electron chi connectivity index (χ2n) is 5.85. The van der Waals surface area contributed by atoms with Crippen molar-refractivity contribution in [2.24, 2.45) is 0 Å². The lowest BCUT2D eigenvalue weighted by Crippen LogP contribution is -2.43. The van der Waals surface area contributed by atoms with Crippen molar-refractivity contribution in [2.45, 2.75) is 6.54 Å². The van der Waals surface area contributed by atoms with Gasteiger partial charge in [0.15, 0.2) is 0 Å². The molecule has 9 heteroatoms. The molecule has 0 bridgehead atoms. The van der Waals surface area contributed by atoms with Crippen molar-refractivity contribution in [1.82, 2.24) is 20.2 Å². The Bertz CT molecular complexity index is 937. The highest BCUT2D eigenvalue weighted by Crippen LogP contribution is 2.34. The Morgan fingerprint density at radius 1 is 1.15 bits per heavy atom. The lowest BCUT2D eigenvalue weighted by Gasteiger charge is -2.26. The molecule has 5 nitrogen and oxygen atoms in total. The summed E-state index contributed by atoms with van der Waals surface area (Å²) in [5.41, 5.74) is 1.62. The zero-order valence-electron chi connectivity index (χ0n) is 13.8. The summed E-state index contributed by atoms with van der Waals surface area (Å²) in [6.07, 6.45) is 0. The third-order valence-electron chi connectivity index (χ3n) is 4.24. The van der Waals surface area contributed by atoms with Crippen LogP contribution in [0, 0.1) is 0 Å². The topological polar surface area (TPSA) is 61.0 Å². The Kier molecular flexibility index (Phi) is 7.46. The van der Waals surface area contributed by atoms with E-state index >= 15 is 0 Å². The van der Waals surface area contributed by atoms with Gasteiger partial charge in [-0.2, -0.15) is 0 Å². The number of hydrogen-bond acceptors (Lipinski definition) is 5. The molecule has 2 aromatic heterocycles. The van der Waals surface area contributed by atoms with E-state index in [0.29, 0.717) is 17.0 Å². The average Bonchev–Trinajstić information content (AvgIpc) is 3.00. The quantitative estimate of drug-likeness (QED) is 0.663. The minimum atomic E-state index is -0.0960. The predicted molar refractivity (Wildman–Crippen MR) is 113 cm³/mol. The molecule has 0 atom stereocenters. The van der Waals surface area contributed by atoms with Gasteiger partial charge in [0, 0.05) is 47.7 Å². The molecule has 0 unspecified atom stereocenters. The zero-order valence-corrected chi connectivity index (χ0v) is 17.0. The van der Waals surface area contributed by atoms with E-state index in [1.165, 1.54) is 11.3 Å². The minimum Gasteiger partial charge on any atom is -0.314 e. The number of halogens is 3. The first-order valence-electron chi connectivity index (χ1n) is 7.91. The van der Waals surface area contributed by atoms with Gasteiger partial charge in [0.2, 0.25) is 0 Å². The number of aromatic nitrogens is 2. The summed E-state index contributed by atoms with van der Waals surface area (Å²) < 4.78 is 0. The number of rotatable bonds is 3. The van der Waals surface area contributed by atoms with Crippen LogP contribution >= 0.6 is 47.8 Å². The monoisotopic (exact) mass is 432 g/mol. The Morgan fingerprint density at radius 2 is 1.88 bits per heavy atom. The lowest BCUT2D eigenvalue weighted by atomic mass is 10.1. The third-order valence-corrected chi connectivity index (χ3v) is 5.44. The van der Waals surface area contributed by atoms with Gasteiger partial charge in [0.1, 0.15) is 10.7 Å². The first kappa shape index (κ1) is 21.2. The van der Waals surface area contributed by atoms with Crippen LogP contribution in [0.3, 0.4) is 0 Å². The molecule has 0 spiro atoms. The van der Waals surface area contributed by atoms with Crippen LogP contribution in [0.4, 0.5) is 0 Å². The van der Waals surface area contributed by atoms with Crippen LogP contribution in [-0.2, 0) is 6.54 Å². The van der Waals surface area contributed by atoms with E-state index in [1.54, 1.807) is 0 Å². The first-order valence-corrected chi connectivity index (χ1v) is 9.16. The van der Waals surface area contributed by atoms with Crippen molar-refractivity contribution >= 4 is 58.0 Å². The van der Waals surface area contributed by atoms with Gasteiger partial charge in [0.05, 0.1) is 11.9 Å². The number of hydrogen-bond donors (Lipinski definition) is 2. The highest BCUT2D eigenvalue weighted by Gasteiger charge is 2.16. The maximum Gasteiger partial charge on any atom is 0.260 e. The van der Waals surface area contributed by atoms with Gasteiger partial charge in [-0.05, 0) is 6.07 Å². The van der Waals surface area contributed by atoms with E-state index in [4.69, 9.17) is 11.6 Å². The number of benzene rings is 1. The zero-order chi connectivity index (χ0) is 16.5. The fourth-order valence-corrected chi connectivity index (χ4v) is 4.22. The predicted octanol–water partition coefficient (Wildman–Crippen LogP) is 3.55. The standard InChI is InChI=1S/C17H17ClN4OS.2ClH/c18-13-4-2-1-3-11(13)12-10-24-17-15(12)16(23)20-14(21-17)9-22-7-5-19-6-8-22;;/h1-4,10,19H,5-9H2,(H,20,21,23);2*1H. The molecule has 0 saturated carbocycles. The number of nitrogens with one attached hydrogen (secondary N) is 2. The minimum absolute atomic E-state index is 0. The van der Waals surface area contributed by atoms with E-state index < -0.39 is 0 Å².